The molecule has 0 saturated heterocycles. The van der Waals surface area contributed by atoms with E-state index in [0.29, 0.717) is 12.8 Å². The normalized spacial score (nSPS) is 13.2. The van der Waals surface area contributed by atoms with Gasteiger partial charge in [-0.15, -0.1) is 0 Å². The maximum absolute atomic E-state index is 13.0. The maximum atomic E-state index is 13.0. The number of hydrogen-bond acceptors (Lipinski definition) is 1. The molecule has 21 heavy (non-hydrogen) atoms. The highest BCUT2D eigenvalue weighted by atomic mass is 19.4. The van der Waals surface area contributed by atoms with Gasteiger partial charge >= 0.3 is 6.18 Å². The molecule has 2 aromatic carbocycles. The number of hydrogen-bond donors (Lipinski definition) is 1. The first-order valence-electron chi connectivity index (χ1n) is 6.85. The molecule has 0 bridgehead atoms. The molecule has 0 aliphatic carbocycles. The van der Waals surface area contributed by atoms with E-state index in [9.17, 15) is 13.2 Å². The highest BCUT2D eigenvalue weighted by molar-refractivity contribution is 5.32. The van der Waals surface area contributed by atoms with Gasteiger partial charge in [0.25, 0.3) is 0 Å². The summed E-state index contributed by atoms with van der Waals surface area (Å²) in [6.45, 7) is 2.00. The van der Waals surface area contributed by atoms with Gasteiger partial charge in [0.2, 0.25) is 0 Å². The largest absolute Gasteiger partial charge is 0.416 e. The zero-order valence-corrected chi connectivity index (χ0v) is 11.8. The molecule has 1 nitrogen and oxygen atoms in total. The van der Waals surface area contributed by atoms with Crippen LogP contribution in [0, 0.1) is 6.92 Å². The van der Waals surface area contributed by atoms with Crippen molar-refractivity contribution in [2.45, 2.75) is 32.0 Å². The summed E-state index contributed by atoms with van der Waals surface area (Å²) in [5.41, 5.74) is 7.74. The van der Waals surface area contributed by atoms with E-state index < -0.39 is 17.8 Å². The van der Waals surface area contributed by atoms with Gasteiger partial charge in [0.05, 0.1) is 5.56 Å². The molecular formula is C17H18F3N. The minimum atomic E-state index is -4.36. The minimum absolute atomic E-state index is 0.164. The van der Waals surface area contributed by atoms with Crippen LogP contribution in [-0.4, -0.2) is 0 Å². The molecule has 0 heterocycles. The summed E-state index contributed by atoms with van der Waals surface area (Å²) < 4.78 is 38.9. The van der Waals surface area contributed by atoms with Crippen LogP contribution < -0.4 is 5.73 Å². The Labute approximate surface area is 122 Å². The van der Waals surface area contributed by atoms with Gasteiger partial charge in [-0.3, -0.25) is 0 Å². The Morgan fingerprint density at radius 3 is 2.24 bits per heavy atom. The van der Waals surface area contributed by atoms with Crippen molar-refractivity contribution >= 4 is 0 Å². The lowest BCUT2D eigenvalue weighted by Crippen LogP contribution is -2.18. The van der Waals surface area contributed by atoms with Crippen molar-refractivity contribution in [3.63, 3.8) is 0 Å². The number of nitrogens with two attached hydrogens (primary N) is 1. The van der Waals surface area contributed by atoms with Crippen molar-refractivity contribution in [3.05, 3.63) is 70.8 Å². The molecule has 4 heteroatoms. The molecule has 1 atom stereocenters. The lowest BCUT2D eigenvalue weighted by Gasteiger charge is -2.18. The third-order valence-corrected chi connectivity index (χ3v) is 3.53. The average molecular weight is 293 g/mol. The molecule has 0 aliphatic heterocycles. The van der Waals surface area contributed by atoms with E-state index in [-0.39, 0.29) is 5.56 Å². The van der Waals surface area contributed by atoms with Gasteiger partial charge in [0, 0.05) is 6.04 Å². The van der Waals surface area contributed by atoms with E-state index in [1.165, 1.54) is 12.1 Å². The van der Waals surface area contributed by atoms with Crippen LogP contribution in [0.25, 0.3) is 0 Å². The monoisotopic (exact) mass is 293 g/mol. The van der Waals surface area contributed by atoms with Gasteiger partial charge in [-0.2, -0.15) is 13.2 Å². The van der Waals surface area contributed by atoms with E-state index in [1.54, 1.807) is 6.07 Å². The van der Waals surface area contributed by atoms with Gasteiger partial charge in [-0.1, -0.05) is 48.0 Å². The molecule has 2 N–H and O–H groups in total. The van der Waals surface area contributed by atoms with E-state index in [4.69, 9.17) is 5.73 Å². The van der Waals surface area contributed by atoms with Crippen molar-refractivity contribution in [3.8, 4) is 0 Å². The molecule has 0 radical (unpaired) electrons. The minimum Gasteiger partial charge on any atom is -0.324 e. The highest BCUT2D eigenvalue weighted by Gasteiger charge is 2.34. The SMILES string of the molecule is Cc1ccc(CCC(N)c2ccccc2C(F)(F)F)cc1. The Hall–Kier alpha value is -1.81. The van der Waals surface area contributed by atoms with Gasteiger partial charge in [-0.25, -0.2) is 0 Å². The maximum Gasteiger partial charge on any atom is 0.416 e. The smallest absolute Gasteiger partial charge is 0.324 e. The highest BCUT2D eigenvalue weighted by Crippen LogP contribution is 2.34. The van der Waals surface area contributed by atoms with Gasteiger partial charge in [-0.05, 0) is 37.0 Å². The summed E-state index contributed by atoms with van der Waals surface area (Å²) >= 11 is 0. The zero-order valence-electron chi connectivity index (χ0n) is 11.8. The van der Waals surface area contributed by atoms with Crippen LogP contribution in [0.3, 0.4) is 0 Å². The second-order valence-electron chi connectivity index (χ2n) is 5.22. The van der Waals surface area contributed by atoms with Crippen LogP contribution in [0.15, 0.2) is 48.5 Å². The molecule has 1 unspecified atom stereocenters. The predicted molar refractivity (Wildman–Crippen MR) is 77.9 cm³/mol. The molecule has 0 aromatic heterocycles. The zero-order chi connectivity index (χ0) is 15.5. The molecule has 2 rings (SSSR count). The van der Waals surface area contributed by atoms with Crippen LogP contribution in [-0.2, 0) is 12.6 Å². The molecule has 2 aromatic rings. The topological polar surface area (TPSA) is 26.0 Å². The Morgan fingerprint density at radius 1 is 1.00 bits per heavy atom. The van der Waals surface area contributed by atoms with Crippen LogP contribution in [0.1, 0.15) is 34.7 Å². The molecule has 0 fully saturated rings. The third-order valence-electron chi connectivity index (χ3n) is 3.53. The Bertz CT molecular complexity index is 588. The number of alkyl halides is 3. The number of benzene rings is 2. The summed E-state index contributed by atoms with van der Waals surface area (Å²) in [5.74, 6) is 0. The second kappa shape index (κ2) is 6.31. The summed E-state index contributed by atoms with van der Waals surface area (Å²) in [7, 11) is 0. The molecular weight excluding hydrogens is 275 g/mol. The Morgan fingerprint density at radius 2 is 1.62 bits per heavy atom. The summed E-state index contributed by atoms with van der Waals surface area (Å²) in [6, 6.07) is 12.9. The third kappa shape index (κ3) is 4.08. The van der Waals surface area contributed by atoms with Crippen LogP contribution in [0.5, 0.6) is 0 Å². The summed E-state index contributed by atoms with van der Waals surface area (Å²) in [6.07, 6.45) is -3.22. The fraction of sp³-hybridized carbons (Fsp3) is 0.294. The number of halogens is 3. The predicted octanol–water partition coefficient (Wildman–Crippen LogP) is 4.65. The molecule has 0 saturated carbocycles. The fourth-order valence-electron chi connectivity index (χ4n) is 2.31. The second-order valence-corrected chi connectivity index (χ2v) is 5.22. The van der Waals surface area contributed by atoms with Crippen molar-refractivity contribution in [1.29, 1.82) is 0 Å². The Kier molecular flexibility index (Phi) is 4.68. The van der Waals surface area contributed by atoms with E-state index in [2.05, 4.69) is 0 Å². The summed E-state index contributed by atoms with van der Waals surface area (Å²) in [4.78, 5) is 0. The van der Waals surface area contributed by atoms with Crippen molar-refractivity contribution in [2.24, 2.45) is 5.73 Å². The van der Waals surface area contributed by atoms with Crippen molar-refractivity contribution < 1.29 is 13.2 Å². The van der Waals surface area contributed by atoms with E-state index in [1.807, 2.05) is 31.2 Å². The average Bonchev–Trinajstić information content (AvgIpc) is 2.45. The van der Waals surface area contributed by atoms with Crippen LogP contribution >= 0.6 is 0 Å². The molecule has 112 valence electrons. The first kappa shape index (κ1) is 15.6. The molecule has 0 amide bonds. The first-order valence-corrected chi connectivity index (χ1v) is 6.85. The number of rotatable bonds is 4. The first-order chi connectivity index (χ1) is 9.88. The van der Waals surface area contributed by atoms with Crippen molar-refractivity contribution in [1.82, 2.24) is 0 Å². The van der Waals surface area contributed by atoms with E-state index in [0.717, 1.165) is 17.2 Å². The van der Waals surface area contributed by atoms with Gasteiger partial charge < -0.3 is 5.73 Å². The lowest BCUT2D eigenvalue weighted by atomic mass is 9.95. The molecule has 0 spiro atoms. The lowest BCUT2D eigenvalue weighted by molar-refractivity contribution is -0.138. The fourth-order valence-corrected chi connectivity index (χ4v) is 2.31. The number of aryl methyl sites for hydroxylation is 2. The van der Waals surface area contributed by atoms with Crippen molar-refractivity contribution in [2.75, 3.05) is 0 Å². The van der Waals surface area contributed by atoms with Crippen LogP contribution in [0.2, 0.25) is 0 Å². The molecule has 0 aliphatic rings. The Balaban J connectivity index is 2.10. The van der Waals surface area contributed by atoms with Gasteiger partial charge in [0.15, 0.2) is 0 Å². The standard InChI is InChI=1S/C17H18F3N/c1-12-6-8-13(9-7-12)10-11-16(21)14-4-2-3-5-15(14)17(18,19)20/h2-9,16H,10-11,21H2,1H3. The van der Waals surface area contributed by atoms with Crippen LogP contribution in [0.4, 0.5) is 13.2 Å². The van der Waals surface area contributed by atoms with Gasteiger partial charge in [0.1, 0.15) is 0 Å². The quantitative estimate of drug-likeness (QED) is 0.872. The summed E-state index contributed by atoms with van der Waals surface area (Å²) in [5, 5.41) is 0. The van der Waals surface area contributed by atoms with E-state index >= 15 is 0 Å².